The van der Waals surface area contributed by atoms with Crippen LogP contribution in [-0.4, -0.2) is 23.0 Å². The van der Waals surface area contributed by atoms with Crippen molar-refractivity contribution in [1.82, 2.24) is 0 Å². The number of carbonyl (C=O) groups is 3. The van der Waals surface area contributed by atoms with E-state index in [1.807, 2.05) is 13.8 Å². The Labute approximate surface area is 135 Å². The fourth-order valence-electron chi connectivity index (χ4n) is 1.88. The van der Waals surface area contributed by atoms with Gasteiger partial charge in [-0.25, -0.2) is 0 Å². The number of aryl methyl sites for hydroxylation is 1. The second-order valence-corrected chi connectivity index (χ2v) is 5.12. The monoisotopic (exact) mass is 322 g/mol. The van der Waals surface area contributed by atoms with Crippen LogP contribution in [0.5, 0.6) is 11.5 Å². The van der Waals surface area contributed by atoms with Gasteiger partial charge < -0.3 is 14.6 Å². The first-order valence-corrected chi connectivity index (χ1v) is 7.72. The minimum absolute atomic E-state index is 0.0304. The minimum atomic E-state index is -0.909. The van der Waals surface area contributed by atoms with Crippen molar-refractivity contribution in [3.63, 3.8) is 0 Å². The molecule has 0 atom stereocenters. The third-order valence-corrected chi connectivity index (χ3v) is 2.99. The number of ether oxygens (including phenoxy) is 2. The average molecular weight is 322 g/mol. The summed E-state index contributed by atoms with van der Waals surface area (Å²) < 4.78 is 10.5. The van der Waals surface area contributed by atoms with Gasteiger partial charge in [-0.2, -0.15) is 0 Å². The number of esters is 2. The second kappa shape index (κ2) is 9.61. The fourth-order valence-corrected chi connectivity index (χ4v) is 1.88. The molecule has 1 N–H and O–H groups in total. The van der Waals surface area contributed by atoms with Gasteiger partial charge in [0.15, 0.2) is 11.5 Å². The van der Waals surface area contributed by atoms with Crippen molar-refractivity contribution in [3.05, 3.63) is 23.8 Å². The molecule has 0 aliphatic carbocycles. The number of carboxylic acids is 1. The van der Waals surface area contributed by atoms with Gasteiger partial charge in [0.05, 0.1) is 0 Å². The predicted octanol–water partition coefficient (Wildman–Crippen LogP) is 3.11. The Balaban J connectivity index is 2.95. The number of carboxylic acid groups (broad SMARTS) is 1. The van der Waals surface area contributed by atoms with Crippen molar-refractivity contribution < 1.29 is 29.0 Å². The zero-order chi connectivity index (χ0) is 17.2. The molecule has 1 aromatic carbocycles. The Hall–Kier alpha value is -2.37. The highest BCUT2D eigenvalue weighted by molar-refractivity contribution is 5.76. The molecular formula is C17H22O6. The summed E-state index contributed by atoms with van der Waals surface area (Å²) in [5.74, 6) is -1.41. The van der Waals surface area contributed by atoms with E-state index in [2.05, 4.69) is 0 Å². The van der Waals surface area contributed by atoms with E-state index in [1.165, 1.54) is 6.07 Å². The molecule has 0 aromatic heterocycles. The standard InChI is InChI=1S/C17H22O6/c1-3-5-16(20)22-13-9-7-12(8-10-15(18)19)11-14(13)23-17(21)6-4-2/h7,9,11H,3-6,8,10H2,1-2H3,(H,18,19). The Bertz CT molecular complexity index is 564. The van der Waals surface area contributed by atoms with E-state index in [9.17, 15) is 14.4 Å². The minimum Gasteiger partial charge on any atom is -0.481 e. The lowest BCUT2D eigenvalue weighted by Gasteiger charge is -2.12. The maximum absolute atomic E-state index is 11.7. The lowest BCUT2D eigenvalue weighted by atomic mass is 10.1. The molecule has 1 rings (SSSR count). The molecule has 0 saturated heterocycles. The summed E-state index contributed by atoms with van der Waals surface area (Å²) in [6.45, 7) is 3.71. The van der Waals surface area contributed by atoms with Gasteiger partial charge in [0.25, 0.3) is 0 Å². The molecule has 1 aromatic rings. The molecule has 0 amide bonds. The summed E-state index contributed by atoms with van der Waals surface area (Å²) in [4.78, 5) is 34.0. The van der Waals surface area contributed by atoms with Crippen LogP contribution >= 0.6 is 0 Å². The zero-order valence-corrected chi connectivity index (χ0v) is 13.5. The van der Waals surface area contributed by atoms with Gasteiger partial charge >= 0.3 is 17.9 Å². The lowest BCUT2D eigenvalue weighted by Crippen LogP contribution is -2.12. The van der Waals surface area contributed by atoms with E-state index in [4.69, 9.17) is 14.6 Å². The van der Waals surface area contributed by atoms with Crippen LogP contribution in [0.3, 0.4) is 0 Å². The third-order valence-electron chi connectivity index (χ3n) is 2.99. The summed E-state index contributed by atoms with van der Waals surface area (Å²) in [7, 11) is 0. The highest BCUT2D eigenvalue weighted by Gasteiger charge is 2.14. The molecule has 6 heteroatoms. The number of hydrogen-bond acceptors (Lipinski definition) is 5. The van der Waals surface area contributed by atoms with E-state index in [0.717, 1.165) is 0 Å². The summed E-state index contributed by atoms with van der Waals surface area (Å²) in [5, 5.41) is 8.74. The van der Waals surface area contributed by atoms with E-state index in [0.29, 0.717) is 24.8 Å². The number of carbonyl (C=O) groups excluding carboxylic acids is 2. The molecule has 0 fully saturated rings. The van der Waals surface area contributed by atoms with Gasteiger partial charge in [-0.05, 0) is 37.0 Å². The summed E-state index contributed by atoms with van der Waals surface area (Å²) >= 11 is 0. The van der Waals surface area contributed by atoms with Gasteiger partial charge in [-0.15, -0.1) is 0 Å². The van der Waals surface area contributed by atoms with Crippen molar-refractivity contribution in [3.8, 4) is 11.5 Å². The van der Waals surface area contributed by atoms with Crippen LogP contribution in [0.2, 0.25) is 0 Å². The van der Waals surface area contributed by atoms with E-state index >= 15 is 0 Å². The van der Waals surface area contributed by atoms with Gasteiger partial charge in [0.1, 0.15) is 0 Å². The molecule has 0 unspecified atom stereocenters. The first kappa shape index (κ1) is 18.7. The maximum Gasteiger partial charge on any atom is 0.311 e. The topological polar surface area (TPSA) is 89.9 Å². The third kappa shape index (κ3) is 6.95. The highest BCUT2D eigenvalue weighted by Crippen LogP contribution is 2.30. The van der Waals surface area contributed by atoms with Crippen LogP contribution in [0.1, 0.15) is 51.5 Å². The van der Waals surface area contributed by atoms with Crippen molar-refractivity contribution in [1.29, 1.82) is 0 Å². The van der Waals surface area contributed by atoms with Gasteiger partial charge in [0, 0.05) is 19.3 Å². The van der Waals surface area contributed by atoms with Gasteiger partial charge in [0.2, 0.25) is 0 Å². The van der Waals surface area contributed by atoms with Crippen molar-refractivity contribution >= 4 is 17.9 Å². The fraction of sp³-hybridized carbons (Fsp3) is 0.471. The molecule has 0 aliphatic rings. The molecular weight excluding hydrogens is 300 g/mol. The van der Waals surface area contributed by atoms with Crippen LogP contribution in [-0.2, 0) is 20.8 Å². The number of hydrogen-bond donors (Lipinski definition) is 1. The Morgan fingerprint density at radius 1 is 0.913 bits per heavy atom. The van der Waals surface area contributed by atoms with Crippen LogP contribution in [0.15, 0.2) is 18.2 Å². The van der Waals surface area contributed by atoms with Crippen LogP contribution in [0.4, 0.5) is 0 Å². The molecule has 0 radical (unpaired) electrons. The maximum atomic E-state index is 11.7. The van der Waals surface area contributed by atoms with Crippen LogP contribution in [0, 0.1) is 0 Å². The second-order valence-electron chi connectivity index (χ2n) is 5.12. The van der Waals surface area contributed by atoms with E-state index in [1.54, 1.807) is 12.1 Å². The normalized spacial score (nSPS) is 10.2. The van der Waals surface area contributed by atoms with Crippen molar-refractivity contribution in [2.24, 2.45) is 0 Å². The van der Waals surface area contributed by atoms with Gasteiger partial charge in [-0.3, -0.25) is 14.4 Å². The smallest absolute Gasteiger partial charge is 0.311 e. The number of aliphatic carboxylic acids is 1. The first-order chi connectivity index (χ1) is 11.0. The molecule has 126 valence electrons. The quantitative estimate of drug-likeness (QED) is 0.555. The average Bonchev–Trinajstić information content (AvgIpc) is 2.48. The number of benzene rings is 1. The predicted molar refractivity (Wildman–Crippen MR) is 83.5 cm³/mol. The van der Waals surface area contributed by atoms with E-state index in [-0.39, 0.29) is 30.8 Å². The largest absolute Gasteiger partial charge is 0.481 e. The highest BCUT2D eigenvalue weighted by atomic mass is 16.6. The van der Waals surface area contributed by atoms with Crippen molar-refractivity contribution in [2.45, 2.75) is 52.4 Å². The summed E-state index contributed by atoms with van der Waals surface area (Å²) in [5.41, 5.74) is 0.696. The molecule has 0 saturated carbocycles. The Morgan fingerprint density at radius 2 is 1.48 bits per heavy atom. The lowest BCUT2D eigenvalue weighted by molar-refractivity contribution is -0.137. The summed E-state index contributed by atoms with van der Waals surface area (Å²) in [6, 6.07) is 4.74. The van der Waals surface area contributed by atoms with Crippen LogP contribution in [0.25, 0.3) is 0 Å². The zero-order valence-electron chi connectivity index (χ0n) is 13.5. The number of rotatable bonds is 9. The molecule has 0 spiro atoms. The molecule has 0 aliphatic heterocycles. The van der Waals surface area contributed by atoms with Crippen LogP contribution < -0.4 is 9.47 Å². The molecule has 0 heterocycles. The van der Waals surface area contributed by atoms with Crippen molar-refractivity contribution in [2.75, 3.05) is 0 Å². The SMILES string of the molecule is CCCC(=O)Oc1ccc(CCC(=O)O)cc1OC(=O)CCC. The molecule has 6 nitrogen and oxygen atoms in total. The summed E-state index contributed by atoms with van der Waals surface area (Å²) in [6.07, 6.45) is 2.09. The van der Waals surface area contributed by atoms with E-state index < -0.39 is 17.9 Å². The van der Waals surface area contributed by atoms with Gasteiger partial charge in [-0.1, -0.05) is 19.9 Å². The Kier molecular flexibility index (Phi) is 7.80. The first-order valence-electron chi connectivity index (χ1n) is 7.72. The molecule has 23 heavy (non-hydrogen) atoms. The Morgan fingerprint density at radius 3 is 2.00 bits per heavy atom. The molecule has 0 bridgehead atoms.